The molecular weight excluding hydrogens is 448 g/mol. The number of carbonyl (C=O) groups is 1. The van der Waals surface area contributed by atoms with E-state index in [1.165, 1.54) is 17.7 Å². The van der Waals surface area contributed by atoms with Crippen molar-refractivity contribution < 1.29 is 9.18 Å². The van der Waals surface area contributed by atoms with Crippen LogP contribution in [-0.4, -0.2) is 22.8 Å². The lowest BCUT2D eigenvalue weighted by atomic mass is 9.83. The van der Waals surface area contributed by atoms with E-state index >= 15 is 0 Å². The number of anilines is 2. The number of aromatic nitrogens is 1. The molecule has 0 spiro atoms. The van der Waals surface area contributed by atoms with Gasteiger partial charge < -0.3 is 10.2 Å². The highest BCUT2D eigenvalue weighted by atomic mass is 35.5. The van der Waals surface area contributed by atoms with Gasteiger partial charge in [-0.15, -0.1) is 0 Å². The van der Waals surface area contributed by atoms with Crippen molar-refractivity contribution in [3.63, 3.8) is 0 Å². The number of aryl methyl sites for hydroxylation is 1. The van der Waals surface area contributed by atoms with Gasteiger partial charge in [0.15, 0.2) is 0 Å². The largest absolute Gasteiger partial charge is 0.354 e. The molecule has 4 nitrogen and oxygen atoms in total. The zero-order chi connectivity index (χ0) is 22.7. The van der Waals surface area contributed by atoms with Crippen LogP contribution in [0.15, 0.2) is 54.7 Å². The Morgan fingerprint density at radius 2 is 1.88 bits per heavy atom. The molecule has 0 aliphatic carbocycles. The quantitative estimate of drug-likeness (QED) is 0.313. The molecule has 32 heavy (non-hydrogen) atoms. The maximum Gasteiger partial charge on any atom is 0.210 e. The fraction of sp³-hybridized carbons (Fsp3) is 0.280. The lowest BCUT2D eigenvalue weighted by molar-refractivity contribution is -0.121. The Balaban J connectivity index is 1.69. The summed E-state index contributed by atoms with van der Waals surface area (Å²) in [4.78, 5) is 17.9. The average Bonchev–Trinajstić information content (AvgIpc) is 2.83. The minimum absolute atomic E-state index is 0.183. The number of piperidine rings is 1. The molecule has 0 radical (unpaired) electrons. The summed E-state index contributed by atoms with van der Waals surface area (Å²) >= 11 is 12.8. The molecule has 2 heterocycles. The predicted molar refractivity (Wildman–Crippen MR) is 127 cm³/mol. The third-order valence-corrected chi connectivity index (χ3v) is 6.87. The van der Waals surface area contributed by atoms with Crippen molar-refractivity contribution in [1.29, 1.82) is 0 Å². The number of hydrogen-bond donors (Lipinski definition) is 1. The van der Waals surface area contributed by atoms with Crippen molar-refractivity contribution in [2.75, 3.05) is 11.9 Å². The molecule has 1 N–H and O–H groups in total. The number of pyridine rings is 1. The van der Waals surface area contributed by atoms with E-state index in [4.69, 9.17) is 23.2 Å². The summed E-state index contributed by atoms with van der Waals surface area (Å²) < 4.78 is 13.4. The molecule has 1 aliphatic rings. The zero-order valence-electron chi connectivity index (χ0n) is 17.7. The number of amides is 1. The minimum Gasteiger partial charge on any atom is -0.354 e. The van der Waals surface area contributed by atoms with Crippen LogP contribution in [0, 0.1) is 5.82 Å². The molecule has 2 aromatic carbocycles. The van der Waals surface area contributed by atoms with E-state index in [2.05, 4.69) is 29.4 Å². The van der Waals surface area contributed by atoms with Crippen LogP contribution in [-0.2, 0) is 11.2 Å². The van der Waals surface area contributed by atoms with Gasteiger partial charge in [-0.25, -0.2) is 9.37 Å². The van der Waals surface area contributed by atoms with Gasteiger partial charge in [-0.1, -0.05) is 54.4 Å². The van der Waals surface area contributed by atoms with Gasteiger partial charge in [0.05, 0.1) is 11.7 Å². The first-order valence-electron chi connectivity index (χ1n) is 10.7. The summed E-state index contributed by atoms with van der Waals surface area (Å²) in [7, 11) is 0. The second-order valence-corrected chi connectivity index (χ2v) is 8.74. The van der Waals surface area contributed by atoms with E-state index in [1.54, 1.807) is 11.1 Å². The molecule has 0 saturated carbocycles. The Kier molecular flexibility index (Phi) is 6.97. The average molecular weight is 472 g/mol. The van der Waals surface area contributed by atoms with Crippen molar-refractivity contribution in [1.82, 2.24) is 9.88 Å². The standard InChI is InChI=1S/C25H24Cl2FN3O/c1-2-16-3-9-20(10-4-16)30-24-21(14-29-25(27)23(24)26)22-13-18(11-12-31(22)15-32)17-5-7-19(28)8-6-17/h3-10,14-15,18,22H,2,11-13H2,1H3,(H,29,30). The first-order valence-corrected chi connectivity index (χ1v) is 11.4. The van der Waals surface area contributed by atoms with Gasteiger partial charge in [0.25, 0.3) is 0 Å². The van der Waals surface area contributed by atoms with Crippen molar-refractivity contribution in [2.24, 2.45) is 0 Å². The highest BCUT2D eigenvalue weighted by Gasteiger charge is 2.32. The van der Waals surface area contributed by atoms with Crippen LogP contribution in [0.25, 0.3) is 0 Å². The number of carbonyl (C=O) groups excluding carboxylic acids is 1. The molecule has 2 atom stereocenters. The van der Waals surface area contributed by atoms with Crippen LogP contribution in [0.4, 0.5) is 15.8 Å². The molecule has 1 amide bonds. The fourth-order valence-corrected chi connectivity index (χ4v) is 4.63. The monoisotopic (exact) mass is 471 g/mol. The summed E-state index contributed by atoms with van der Waals surface area (Å²) in [5.41, 5.74) is 4.61. The topological polar surface area (TPSA) is 45.2 Å². The Labute approximate surface area is 197 Å². The van der Waals surface area contributed by atoms with Gasteiger partial charge in [-0.05, 0) is 60.6 Å². The van der Waals surface area contributed by atoms with Gasteiger partial charge >= 0.3 is 0 Å². The molecular formula is C25H24Cl2FN3O. The van der Waals surface area contributed by atoms with Crippen molar-refractivity contribution in [3.05, 3.63) is 87.4 Å². The van der Waals surface area contributed by atoms with E-state index in [0.717, 1.165) is 36.1 Å². The van der Waals surface area contributed by atoms with Gasteiger partial charge in [-0.3, -0.25) is 4.79 Å². The molecule has 7 heteroatoms. The van der Waals surface area contributed by atoms with Gasteiger partial charge in [0.2, 0.25) is 6.41 Å². The van der Waals surface area contributed by atoms with Crippen LogP contribution >= 0.6 is 23.2 Å². The smallest absolute Gasteiger partial charge is 0.210 e. The Morgan fingerprint density at radius 3 is 2.53 bits per heavy atom. The minimum atomic E-state index is -0.259. The van der Waals surface area contributed by atoms with E-state index in [9.17, 15) is 9.18 Å². The Bertz CT molecular complexity index is 1090. The van der Waals surface area contributed by atoms with Crippen molar-refractivity contribution in [3.8, 4) is 0 Å². The first kappa shape index (κ1) is 22.6. The third-order valence-electron chi connectivity index (χ3n) is 6.12. The lowest BCUT2D eigenvalue weighted by Crippen LogP contribution is -2.35. The number of hydrogen-bond acceptors (Lipinski definition) is 3. The maximum absolute atomic E-state index is 13.4. The predicted octanol–water partition coefficient (Wildman–Crippen LogP) is 6.91. The van der Waals surface area contributed by atoms with E-state index < -0.39 is 0 Å². The van der Waals surface area contributed by atoms with Gasteiger partial charge in [0, 0.05) is 24.0 Å². The van der Waals surface area contributed by atoms with Crippen molar-refractivity contribution in [2.45, 2.75) is 38.1 Å². The molecule has 4 rings (SSSR count). The lowest BCUT2D eigenvalue weighted by Gasteiger charge is -2.38. The molecule has 166 valence electrons. The van der Waals surface area contributed by atoms with Crippen molar-refractivity contribution >= 4 is 41.0 Å². The Morgan fingerprint density at radius 1 is 1.16 bits per heavy atom. The van der Waals surface area contributed by atoms with Gasteiger partial charge in [0.1, 0.15) is 16.0 Å². The Hall–Kier alpha value is -2.63. The molecule has 1 saturated heterocycles. The highest BCUT2D eigenvalue weighted by molar-refractivity contribution is 6.43. The molecule has 1 fully saturated rings. The van der Waals surface area contributed by atoms with Crippen LogP contribution in [0.5, 0.6) is 0 Å². The van der Waals surface area contributed by atoms with E-state index in [0.29, 0.717) is 23.7 Å². The molecule has 1 aromatic heterocycles. The third kappa shape index (κ3) is 4.74. The van der Waals surface area contributed by atoms with Crippen LogP contribution < -0.4 is 5.32 Å². The first-order chi connectivity index (χ1) is 15.5. The summed E-state index contributed by atoms with van der Waals surface area (Å²) in [6.07, 6.45) is 4.98. The van der Waals surface area contributed by atoms with Crippen LogP contribution in [0.2, 0.25) is 10.2 Å². The maximum atomic E-state index is 13.4. The molecule has 3 aromatic rings. The highest BCUT2D eigenvalue weighted by Crippen LogP contribution is 2.44. The second-order valence-electron chi connectivity index (χ2n) is 8.00. The summed E-state index contributed by atoms with van der Waals surface area (Å²) in [6.45, 7) is 2.69. The normalized spacial score (nSPS) is 18.4. The molecule has 1 aliphatic heterocycles. The zero-order valence-corrected chi connectivity index (χ0v) is 19.2. The fourth-order valence-electron chi connectivity index (χ4n) is 4.28. The molecule has 0 bridgehead atoms. The van der Waals surface area contributed by atoms with Crippen LogP contribution in [0.1, 0.15) is 48.4 Å². The molecule has 2 unspecified atom stereocenters. The van der Waals surface area contributed by atoms with E-state index in [-0.39, 0.29) is 22.9 Å². The van der Waals surface area contributed by atoms with E-state index in [1.807, 2.05) is 24.3 Å². The second kappa shape index (κ2) is 9.88. The summed E-state index contributed by atoms with van der Waals surface area (Å²) in [5, 5.41) is 3.91. The number of nitrogens with one attached hydrogen (secondary N) is 1. The van der Waals surface area contributed by atoms with Crippen LogP contribution in [0.3, 0.4) is 0 Å². The number of rotatable bonds is 6. The SMILES string of the molecule is CCc1ccc(Nc2c(C3CC(c4ccc(F)cc4)CCN3C=O)cnc(Cl)c2Cl)cc1. The number of halogens is 3. The summed E-state index contributed by atoms with van der Waals surface area (Å²) in [5.74, 6) is -0.0761. The number of benzene rings is 2. The summed E-state index contributed by atoms with van der Waals surface area (Å²) in [6, 6.07) is 14.4. The number of nitrogens with zero attached hydrogens (tertiary/aromatic N) is 2. The number of likely N-dealkylation sites (tertiary alicyclic amines) is 1. The van der Waals surface area contributed by atoms with Gasteiger partial charge in [-0.2, -0.15) is 0 Å².